The molecule has 2 aliphatic rings. The highest BCUT2D eigenvalue weighted by Gasteiger charge is 2.30. The van der Waals surface area contributed by atoms with E-state index in [-0.39, 0.29) is 0 Å². The number of nitrogens with zero attached hydrogens (tertiary/aromatic N) is 5. The highest BCUT2D eigenvalue weighted by atomic mass is 32.2. The van der Waals surface area contributed by atoms with Crippen LogP contribution in [0, 0.1) is 13.8 Å². The van der Waals surface area contributed by atoms with Crippen molar-refractivity contribution in [2.24, 2.45) is 0 Å². The van der Waals surface area contributed by atoms with E-state index in [2.05, 4.69) is 14.8 Å². The van der Waals surface area contributed by atoms with Crippen molar-refractivity contribution in [1.29, 1.82) is 0 Å². The lowest BCUT2D eigenvalue weighted by Gasteiger charge is -2.35. The standard InChI is InChI=1S/C22H31N5O3S/c1-17-15-19(7-8-20(17)30-3)31(28,29)27-13-11-26(12-14-27)22-23-18(2)16-21(24-22)25-9-5-4-6-10-25/h7-8,15-16H,4-6,9-14H2,1-3H3. The Hall–Kier alpha value is -2.39. The summed E-state index contributed by atoms with van der Waals surface area (Å²) in [5, 5.41) is 0. The molecule has 0 aliphatic carbocycles. The lowest BCUT2D eigenvalue weighted by atomic mass is 10.1. The summed E-state index contributed by atoms with van der Waals surface area (Å²) in [7, 11) is -1.96. The smallest absolute Gasteiger partial charge is 0.243 e. The zero-order chi connectivity index (χ0) is 22.0. The third kappa shape index (κ3) is 4.62. The summed E-state index contributed by atoms with van der Waals surface area (Å²) < 4.78 is 33.1. The second-order valence-corrected chi connectivity index (χ2v) is 10.2. The van der Waals surface area contributed by atoms with Gasteiger partial charge >= 0.3 is 0 Å². The fourth-order valence-corrected chi connectivity index (χ4v) is 5.76. The van der Waals surface area contributed by atoms with Gasteiger partial charge in [-0.05, 0) is 56.9 Å². The van der Waals surface area contributed by atoms with Crippen LogP contribution in [-0.4, -0.2) is 69.1 Å². The Bertz CT molecular complexity index is 1030. The van der Waals surface area contributed by atoms with Crippen LogP contribution in [0.3, 0.4) is 0 Å². The average Bonchev–Trinajstić information content (AvgIpc) is 2.79. The second-order valence-electron chi connectivity index (χ2n) is 8.24. The van der Waals surface area contributed by atoms with Crippen molar-refractivity contribution in [2.45, 2.75) is 38.0 Å². The van der Waals surface area contributed by atoms with Crippen molar-refractivity contribution < 1.29 is 13.2 Å². The first-order chi connectivity index (χ1) is 14.9. The van der Waals surface area contributed by atoms with Gasteiger partial charge in [-0.3, -0.25) is 0 Å². The van der Waals surface area contributed by atoms with E-state index in [1.807, 2.05) is 19.9 Å². The first kappa shape index (κ1) is 21.8. The summed E-state index contributed by atoms with van der Waals surface area (Å²) in [4.78, 5) is 14.2. The van der Waals surface area contributed by atoms with Gasteiger partial charge in [0.25, 0.3) is 0 Å². The number of aromatic nitrogens is 2. The molecule has 8 nitrogen and oxygen atoms in total. The Morgan fingerprint density at radius 2 is 1.58 bits per heavy atom. The first-order valence-electron chi connectivity index (χ1n) is 10.9. The maximum Gasteiger partial charge on any atom is 0.243 e. The molecule has 0 amide bonds. The van der Waals surface area contributed by atoms with E-state index >= 15 is 0 Å². The minimum Gasteiger partial charge on any atom is -0.496 e. The van der Waals surface area contributed by atoms with E-state index in [1.54, 1.807) is 29.6 Å². The SMILES string of the molecule is COc1ccc(S(=O)(=O)N2CCN(c3nc(C)cc(N4CCCCC4)n3)CC2)cc1C. The number of sulfonamides is 1. The van der Waals surface area contributed by atoms with E-state index in [1.165, 1.54) is 19.3 Å². The summed E-state index contributed by atoms with van der Waals surface area (Å²) in [6.45, 7) is 7.85. The van der Waals surface area contributed by atoms with Crippen LogP contribution >= 0.6 is 0 Å². The number of hydrogen-bond acceptors (Lipinski definition) is 7. The number of hydrogen-bond donors (Lipinski definition) is 0. The maximum absolute atomic E-state index is 13.1. The van der Waals surface area contributed by atoms with E-state index in [4.69, 9.17) is 9.72 Å². The van der Waals surface area contributed by atoms with Gasteiger partial charge in [0.1, 0.15) is 11.6 Å². The van der Waals surface area contributed by atoms with Crippen LogP contribution in [0.25, 0.3) is 0 Å². The predicted octanol–water partition coefficient (Wildman–Crippen LogP) is 2.60. The Kier molecular flexibility index (Phi) is 6.34. The lowest BCUT2D eigenvalue weighted by Crippen LogP contribution is -2.49. The van der Waals surface area contributed by atoms with Gasteiger partial charge < -0.3 is 14.5 Å². The average molecular weight is 446 g/mol. The van der Waals surface area contributed by atoms with Crippen LogP contribution in [0.1, 0.15) is 30.5 Å². The molecule has 2 aromatic rings. The molecule has 2 aliphatic heterocycles. The zero-order valence-electron chi connectivity index (χ0n) is 18.5. The van der Waals surface area contributed by atoms with Crippen LogP contribution in [0.5, 0.6) is 5.75 Å². The third-order valence-corrected chi connectivity index (χ3v) is 7.93. The first-order valence-corrected chi connectivity index (χ1v) is 12.3. The van der Waals surface area contributed by atoms with Crippen molar-refractivity contribution >= 4 is 21.8 Å². The fourth-order valence-electron chi connectivity index (χ4n) is 4.25. The largest absolute Gasteiger partial charge is 0.496 e. The van der Waals surface area contributed by atoms with E-state index in [0.29, 0.717) is 42.8 Å². The molecule has 2 saturated heterocycles. The molecule has 1 aromatic carbocycles. The molecule has 0 bridgehead atoms. The zero-order valence-corrected chi connectivity index (χ0v) is 19.4. The molecule has 4 rings (SSSR count). The van der Waals surface area contributed by atoms with Crippen molar-refractivity contribution in [2.75, 3.05) is 56.2 Å². The van der Waals surface area contributed by atoms with Crippen LogP contribution in [0.15, 0.2) is 29.2 Å². The van der Waals surface area contributed by atoms with Crippen LogP contribution in [0.2, 0.25) is 0 Å². The molecule has 3 heterocycles. The summed E-state index contributed by atoms with van der Waals surface area (Å²) >= 11 is 0. The van der Waals surface area contributed by atoms with Gasteiger partial charge in [0.15, 0.2) is 0 Å². The number of rotatable bonds is 5. The molecule has 0 saturated carbocycles. The van der Waals surface area contributed by atoms with Gasteiger partial charge in [0.2, 0.25) is 16.0 Å². The molecule has 168 valence electrons. The molecular weight excluding hydrogens is 414 g/mol. The normalized spacial score (nSPS) is 18.3. The second kappa shape index (κ2) is 9.00. The van der Waals surface area contributed by atoms with E-state index in [0.717, 1.165) is 30.2 Å². The molecular formula is C22H31N5O3S. The minimum absolute atomic E-state index is 0.304. The van der Waals surface area contributed by atoms with Crippen molar-refractivity contribution in [3.63, 3.8) is 0 Å². The van der Waals surface area contributed by atoms with Gasteiger partial charge in [0, 0.05) is 51.0 Å². The molecule has 0 atom stereocenters. The number of ether oxygens (including phenoxy) is 1. The minimum atomic E-state index is -3.55. The van der Waals surface area contributed by atoms with Crippen molar-refractivity contribution in [1.82, 2.24) is 14.3 Å². The highest BCUT2D eigenvalue weighted by Crippen LogP contribution is 2.26. The van der Waals surface area contributed by atoms with Crippen LogP contribution in [0.4, 0.5) is 11.8 Å². The molecule has 2 fully saturated rings. The monoisotopic (exact) mass is 445 g/mol. The predicted molar refractivity (Wildman–Crippen MR) is 122 cm³/mol. The third-order valence-electron chi connectivity index (χ3n) is 6.03. The van der Waals surface area contributed by atoms with E-state index in [9.17, 15) is 8.42 Å². The van der Waals surface area contributed by atoms with Crippen LogP contribution < -0.4 is 14.5 Å². The number of anilines is 2. The highest BCUT2D eigenvalue weighted by molar-refractivity contribution is 7.89. The molecule has 31 heavy (non-hydrogen) atoms. The number of piperazine rings is 1. The van der Waals surface area contributed by atoms with Crippen LogP contribution in [-0.2, 0) is 10.0 Å². The van der Waals surface area contributed by atoms with Gasteiger partial charge in [-0.2, -0.15) is 9.29 Å². The molecule has 0 unspecified atom stereocenters. The lowest BCUT2D eigenvalue weighted by molar-refractivity contribution is 0.382. The summed E-state index contributed by atoms with van der Waals surface area (Å²) in [6.07, 6.45) is 3.66. The van der Waals surface area contributed by atoms with Gasteiger partial charge in [-0.1, -0.05) is 0 Å². The molecule has 1 aromatic heterocycles. The topological polar surface area (TPSA) is 78.9 Å². The Labute approximate surface area is 184 Å². The summed E-state index contributed by atoms with van der Waals surface area (Å²) in [6, 6.07) is 7.04. The van der Waals surface area contributed by atoms with E-state index < -0.39 is 10.0 Å². The summed E-state index contributed by atoms with van der Waals surface area (Å²) in [5.74, 6) is 2.36. The molecule has 0 radical (unpaired) electrons. The Morgan fingerprint density at radius 3 is 2.23 bits per heavy atom. The number of piperidine rings is 1. The Balaban J connectivity index is 1.47. The number of benzene rings is 1. The van der Waals surface area contributed by atoms with Gasteiger partial charge in [-0.15, -0.1) is 0 Å². The van der Waals surface area contributed by atoms with Crippen molar-refractivity contribution in [3.05, 3.63) is 35.5 Å². The summed E-state index contributed by atoms with van der Waals surface area (Å²) in [5.41, 5.74) is 1.75. The fraction of sp³-hybridized carbons (Fsp3) is 0.545. The maximum atomic E-state index is 13.1. The molecule has 9 heteroatoms. The number of aryl methyl sites for hydroxylation is 2. The Morgan fingerprint density at radius 1 is 0.871 bits per heavy atom. The quantitative estimate of drug-likeness (QED) is 0.700. The molecule has 0 N–H and O–H groups in total. The molecule has 0 spiro atoms. The van der Waals surface area contributed by atoms with Gasteiger partial charge in [0.05, 0.1) is 12.0 Å². The number of methoxy groups -OCH3 is 1. The van der Waals surface area contributed by atoms with Gasteiger partial charge in [-0.25, -0.2) is 13.4 Å². The van der Waals surface area contributed by atoms with Crippen molar-refractivity contribution in [3.8, 4) is 5.75 Å².